The number of nitrogens with one attached hydrogen (secondary N) is 1. The van der Waals surface area contributed by atoms with Gasteiger partial charge in [0, 0.05) is 11.0 Å². The smallest absolute Gasteiger partial charge is 0.306 e. The molecule has 0 aromatic carbocycles. The summed E-state index contributed by atoms with van der Waals surface area (Å²) in [6, 6.07) is 0. The van der Waals surface area contributed by atoms with E-state index in [9.17, 15) is 4.79 Å². The molecule has 1 heterocycles. The van der Waals surface area contributed by atoms with Gasteiger partial charge in [0.2, 0.25) is 0 Å². The van der Waals surface area contributed by atoms with E-state index in [1.165, 1.54) is 20.0 Å². The number of ether oxygens (including phenoxy) is 1. The van der Waals surface area contributed by atoms with Crippen LogP contribution in [-0.4, -0.2) is 37.2 Å². The SMILES string of the molecule is COC(=O)CCSC1CCNCC1. The summed E-state index contributed by atoms with van der Waals surface area (Å²) in [6.07, 6.45) is 3.00. The number of methoxy groups -OCH3 is 1. The zero-order valence-corrected chi connectivity index (χ0v) is 8.86. The lowest BCUT2D eigenvalue weighted by Gasteiger charge is -2.21. The van der Waals surface area contributed by atoms with Gasteiger partial charge >= 0.3 is 5.97 Å². The fraction of sp³-hybridized carbons (Fsp3) is 0.889. The lowest BCUT2D eigenvalue weighted by atomic mass is 10.2. The third kappa shape index (κ3) is 4.52. The number of esters is 1. The molecule has 0 aromatic heterocycles. The second kappa shape index (κ2) is 6.27. The first-order valence-electron chi connectivity index (χ1n) is 4.72. The van der Waals surface area contributed by atoms with Gasteiger partial charge in [-0.05, 0) is 25.9 Å². The van der Waals surface area contributed by atoms with Gasteiger partial charge in [0.15, 0.2) is 0 Å². The lowest BCUT2D eigenvalue weighted by molar-refractivity contribution is -0.140. The van der Waals surface area contributed by atoms with E-state index in [4.69, 9.17) is 0 Å². The summed E-state index contributed by atoms with van der Waals surface area (Å²) in [7, 11) is 1.44. The highest BCUT2D eigenvalue weighted by molar-refractivity contribution is 7.99. The van der Waals surface area contributed by atoms with Crippen molar-refractivity contribution in [2.75, 3.05) is 26.0 Å². The fourth-order valence-electron chi connectivity index (χ4n) is 1.37. The first-order chi connectivity index (χ1) is 6.33. The van der Waals surface area contributed by atoms with E-state index in [0.29, 0.717) is 6.42 Å². The van der Waals surface area contributed by atoms with E-state index in [2.05, 4.69) is 10.1 Å². The Bertz CT molecular complexity index is 158. The number of carbonyl (C=O) groups excluding carboxylic acids is 1. The van der Waals surface area contributed by atoms with Crippen molar-refractivity contribution in [1.29, 1.82) is 0 Å². The summed E-state index contributed by atoms with van der Waals surface area (Å²) >= 11 is 1.90. The minimum absolute atomic E-state index is 0.0959. The topological polar surface area (TPSA) is 38.3 Å². The predicted octanol–water partition coefficient (Wildman–Crippen LogP) is 1.03. The molecule has 1 aliphatic rings. The normalized spacial score (nSPS) is 18.5. The van der Waals surface area contributed by atoms with Gasteiger partial charge < -0.3 is 10.1 Å². The number of piperidine rings is 1. The van der Waals surface area contributed by atoms with Crippen LogP contribution in [0.5, 0.6) is 0 Å². The van der Waals surface area contributed by atoms with Crippen LogP contribution in [0.4, 0.5) is 0 Å². The quantitative estimate of drug-likeness (QED) is 0.693. The average Bonchev–Trinajstić information content (AvgIpc) is 2.19. The molecular formula is C9H17NO2S. The molecule has 1 saturated heterocycles. The minimum atomic E-state index is -0.0959. The molecule has 0 saturated carbocycles. The third-order valence-corrected chi connectivity index (χ3v) is 3.56. The van der Waals surface area contributed by atoms with E-state index < -0.39 is 0 Å². The van der Waals surface area contributed by atoms with Gasteiger partial charge in [0.25, 0.3) is 0 Å². The molecule has 1 aliphatic heterocycles. The number of rotatable bonds is 4. The molecule has 1 fully saturated rings. The van der Waals surface area contributed by atoms with E-state index in [0.717, 1.165) is 24.1 Å². The van der Waals surface area contributed by atoms with Crippen LogP contribution in [0.1, 0.15) is 19.3 Å². The van der Waals surface area contributed by atoms with Gasteiger partial charge in [-0.1, -0.05) is 0 Å². The summed E-state index contributed by atoms with van der Waals surface area (Å²) in [5.41, 5.74) is 0. The molecule has 0 bridgehead atoms. The first-order valence-corrected chi connectivity index (χ1v) is 5.77. The number of thioether (sulfide) groups is 1. The zero-order valence-electron chi connectivity index (χ0n) is 8.04. The molecule has 0 aliphatic carbocycles. The summed E-state index contributed by atoms with van der Waals surface area (Å²) in [4.78, 5) is 10.8. The Morgan fingerprint density at radius 2 is 2.23 bits per heavy atom. The van der Waals surface area contributed by atoms with Crippen LogP contribution in [0.3, 0.4) is 0 Å². The molecular weight excluding hydrogens is 186 g/mol. The summed E-state index contributed by atoms with van der Waals surface area (Å²) in [5.74, 6) is 0.804. The summed E-state index contributed by atoms with van der Waals surface area (Å²) in [6.45, 7) is 2.24. The zero-order chi connectivity index (χ0) is 9.52. The van der Waals surface area contributed by atoms with E-state index in [-0.39, 0.29) is 5.97 Å². The minimum Gasteiger partial charge on any atom is -0.469 e. The predicted molar refractivity (Wildman–Crippen MR) is 55.0 cm³/mol. The largest absolute Gasteiger partial charge is 0.469 e. The van der Waals surface area contributed by atoms with E-state index in [1.54, 1.807) is 0 Å². The Morgan fingerprint density at radius 3 is 2.85 bits per heavy atom. The second-order valence-corrected chi connectivity index (χ2v) is 4.55. The highest BCUT2D eigenvalue weighted by Crippen LogP contribution is 2.20. The molecule has 0 spiro atoms. The van der Waals surface area contributed by atoms with Crippen molar-refractivity contribution in [3.8, 4) is 0 Å². The monoisotopic (exact) mass is 203 g/mol. The van der Waals surface area contributed by atoms with Crippen molar-refractivity contribution in [3.63, 3.8) is 0 Å². The lowest BCUT2D eigenvalue weighted by Crippen LogP contribution is -2.29. The summed E-state index contributed by atoms with van der Waals surface area (Å²) < 4.78 is 4.57. The fourth-order valence-corrected chi connectivity index (χ4v) is 2.56. The van der Waals surface area contributed by atoms with Crippen LogP contribution in [0.15, 0.2) is 0 Å². The number of hydrogen-bond donors (Lipinski definition) is 1. The van der Waals surface area contributed by atoms with Crippen molar-refractivity contribution in [2.24, 2.45) is 0 Å². The summed E-state index contributed by atoms with van der Waals surface area (Å²) in [5, 5.41) is 4.06. The van der Waals surface area contributed by atoms with Crippen LogP contribution < -0.4 is 5.32 Å². The first kappa shape index (κ1) is 10.9. The van der Waals surface area contributed by atoms with E-state index in [1.807, 2.05) is 11.8 Å². The Labute approximate surface area is 83.6 Å². The van der Waals surface area contributed by atoms with Crippen LogP contribution >= 0.6 is 11.8 Å². The molecule has 0 unspecified atom stereocenters. The van der Waals surface area contributed by atoms with Crippen molar-refractivity contribution in [3.05, 3.63) is 0 Å². The number of hydrogen-bond acceptors (Lipinski definition) is 4. The molecule has 13 heavy (non-hydrogen) atoms. The Balaban J connectivity index is 2.01. The highest BCUT2D eigenvalue weighted by Gasteiger charge is 2.13. The third-order valence-electron chi connectivity index (χ3n) is 2.17. The molecule has 1 rings (SSSR count). The molecule has 0 radical (unpaired) electrons. The van der Waals surface area contributed by atoms with Gasteiger partial charge in [-0.2, -0.15) is 11.8 Å². The average molecular weight is 203 g/mol. The van der Waals surface area contributed by atoms with Crippen molar-refractivity contribution >= 4 is 17.7 Å². The highest BCUT2D eigenvalue weighted by atomic mass is 32.2. The molecule has 0 aromatic rings. The Morgan fingerprint density at radius 1 is 1.54 bits per heavy atom. The molecule has 76 valence electrons. The van der Waals surface area contributed by atoms with Crippen molar-refractivity contribution < 1.29 is 9.53 Å². The van der Waals surface area contributed by atoms with Crippen molar-refractivity contribution in [2.45, 2.75) is 24.5 Å². The van der Waals surface area contributed by atoms with Gasteiger partial charge in [0.05, 0.1) is 13.5 Å². The van der Waals surface area contributed by atoms with Gasteiger partial charge in [-0.3, -0.25) is 4.79 Å². The number of carbonyl (C=O) groups is 1. The molecule has 0 amide bonds. The van der Waals surface area contributed by atoms with Crippen LogP contribution in [0.25, 0.3) is 0 Å². The van der Waals surface area contributed by atoms with E-state index >= 15 is 0 Å². The second-order valence-electron chi connectivity index (χ2n) is 3.15. The Hall–Kier alpha value is -0.220. The standard InChI is InChI=1S/C9H17NO2S/c1-12-9(11)4-7-13-8-2-5-10-6-3-8/h8,10H,2-7H2,1H3. The maximum atomic E-state index is 10.8. The molecule has 4 heteroatoms. The van der Waals surface area contributed by atoms with Gasteiger partial charge in [-0.25, -0.2) is 0 Å². The molecule has 1 N–H and O–H groups in total. The Kier molecular flexibility index (Phi) is 5.23. The van der Waals surface area contributed by atoms with Crippen molar-refractivity contribution in [1.82, 2.24) is 5.32 Å². The maximum Gasteiger partial charge on any atom is 0.306 e. The maximum absolute atomic E-state index is 10.8. The van der Waals surface area contributed by atoms with Crippen LogP contribution in [0, 0.1) is 0 Å². The molecule has 3 nitrogen and oxygen atoms in total. The van der Waals surface area contributed by atoms with Gasteiger partial charge in [-0.15, -0.1) is 0 Å². The van der Waals surface area contributed by atoms with Crippen LogP contribution in [-0.2, 0) is 9.53 Å². The molecule has 0 atom stereocenters. The van der Waals surface area contributed by atoms with Crippen LogP contribution in [0.2, 0.25) is 0 Å². The van der Waals surface area contributed by atoms with Gasteiger partial charge in [0.1, 0.15) is 0 Å².